The Morgan fingerprint density at radius 2 is 1.80 bits per heavy atom. The normalized spacial score (nSPS) is 28.7. The largest absolute Gasteiger partial charge is 0.395 e. The third-order valence-corrected chi connectivity index (χ3v) is 9.69. The van der Waals surface area contributed by atoms with E-state index in [1.165, 1.54) is 4.90 Å². The van der Waals surface area contributed by atoms with Crippen molar-refractivity contribution in [2.75, 3.05) is 31.1 Å². The summed E-state index contributed by atoms with van der Waals surface area (Å²) < 4.78 is 8.50. The summed E-state index contributed by atoms with van der Waals surface area (Å²) in [5.74, 6) is -2.83. The highest BCUT2D eigenvalue weighted by atomic mass is 16.5. The van der Waals surface area contributed by atoms with Crippen LogP contribution >= 0.6 is 0 Å². The lowest BCUT2D eigenvalue weighted by Crippen LogP contribution is -2.57. The van der Waals surface area contributed by atoms with E-state index in [1.807, 2.05) is 68.4 Å². The first-order valence-electron chi connectivity index (χ1n) is 15.0. The maximum atomic E-state index is 14.7. The number of nitrogens with zero attached hydrogens (tertiary/aromatic N) is 6. The Morgan fingerprint density at radius 1 is 1.09 bits per heavy atom. The average molecular weight is 599 g/mol. The number of rotatable bonds is 11. The molecule has 3 saturated heterocycles. The van der Waals surface area contributed by atoms with Crippen molar-refractivity contribution < 1.29 is 24.2 Å². The fourth-order valence-electron chi connectivity index (χ4n) is 7.70. The van der Waals surface area contributed by atoms with E-state index in [4.69, 9.17) is 4.74 Å². The number of aliphatic hydroxyl groups is 1. The maximum Gasteiger partial charge on any atom is 0.250 e. The number of amides is 3. The summed E-state index contributed by atoms with van der Waals surface area (Å²) >= 11 is 0. The summed E-state index contributed by atoms with van der Waals surface area (Å²) in [5, 5.41) is 18.5. The van der Waals surface area contributed by atoms with Crippen LogP contribution in [0.5, 0.6) is 0 Å². The van der Waals surface area contributed by atoms with Gasteiger partial charge in [0.2, 0.25) is 17.7 Å². The van der Waals surface area contributed by atoms with Crippen LogP contribution in [0.3, 0.4) is 0 Å². The standard InChI is InChI=1S/C33H38N6O5/c1-5-16-36(21-39-25-15-11-10-14-24(25)34-35-39)31(43)28-33-20-22(3)32(4,44-33)26(27(33)30(42)38(28)18-19-40)29(41)37(17-6-2)23-12-8-7-9-13-23/h5-15,22,26-28,40H,1-2,16-21H2,3-4H3/t22?,26-,27-,28?,32+,33?/m0/s1. The molecule has 11 nitrogen and oxygen atoms in total. The highest BCUT2D eigenvalue weighted by Crippen LogP contribution is 2.65. The van der Waals surface area contributed by atoms with Crippen molar-refractivity contribution in [3.05, 3.63) is 79.9 Å². The highest BCUT2D eigenvalue weighted by molar-refractivity contribution is 6.03. The van der Waals surface area contributed by atoms with Crippen molar-refractivity contribution in [2.24, 2.45) is 17.8 Å². The minimum atomic E-state index is -1.25. The lowest BCUT2D eigenvalue weighted by atomic mass is 9.62. The molecule has 1 aromatic heterocycles. The number of aliphatic hydroxyl groups excluding tert-OH is 1. The van der Waals surface area contributed by atoms with Gasteiger partial charge in [-0.2, -0.15) is 0 Å². The van der Waals surface area contributed by atoms with Crippen LogP contribution in [0.1, 0.15) is 20.3 Å². The van der Waals surface area contributed by atoms with Crippen molar-refractivity contribution in [3.8, 4) is 0 Å². The monoisotopic (exact) mass is 598 g/mol. The van der Waals surface area contributed by atoms with Gasteiger partial charge in [-0.1, -0.05) is 54.6 Å². The minimum absolute atomic E-state index is 0.0634. The number of benzene rings is 2. The molecule has 3 aromatic rings. The summed E-state index contributed by atoms with van der Waals surface area (Å²) in [6.07, 6.45) is 3.70. The third kappa shape index (κ3) is 4.36. The lowest BCUT2D eigenvalue weighted by Gasteiger charge is -2.39. The number of hydrogen-bond acceptors (Lipinski definition) is 7. The Labute approximate surface area is 256 Å². The van der Waals surface area contributed by atoms with Gasteiger partial charge in [0, 0.05) is 25.3 Å². The maximum absolute atomic E-state index is 14.7. The Balaban J connectivity index is 1.41. The minimum Gasteiger partial charge on any atom is -0.395 e. The van der Waals surface area contributed by atoms with E-state index in [1.54, 1.807) is 26.6 Å². The molecule has 6 atom stereocenters. The van der Waals surface area contributed by atoms with E-state index in [-0.39, 0.29) is 56.5 Å². The summed E-state index contributed by atoms with van der Waals surface area (Å²) in [4.78, 5) is 48.2. The number of carbonyl (C=O) groups excluding carboxylic acids is 3. The first-order valence-corrected chi connectivity index (χ1v) is 15.0. The molecule has 1 N–H and O–H groups in total. The Bertz CT molecular complexity index is 1610. The van der Waals surface area contributed by atoms with Crippen LogP contribution in [0.4, 0.5) is 5.69 Å². The number of fused-ring (bicyclic) bond motifs is 2. The Kier molecular flexibility index (Phi) is 7.63. The predicted octanol–water partition coefficient (Wildman–Crippen LogP) is 2.63. The number of ether oxygens (including phenoxy) is 1. The van der Waals surface area contributed by atoms with Crippen molar-refractivity contribution in [3.63, 3.8) is 0 Å². The van der Waals surface area contributed by atoms with Gasteiger partial charge in [-0.15, -0.1) is 18.3 Å². The van der Waals surface area contributed by atoms with Crippen molar-refractivity contribution in [1.82, 2.24) is 24.8 Å². The van der Waals surface area contributed by atoms with E-state index < -0.39 is 29.1 Å². The molecule has 3 aliphatic heterocycles. The number of β-amino-alcohol motifs (C(OH)–C–C–N with tert-alkyl or cyclic N) is 1. The van der Waals surface area contributed by atoms with E-state index in [0.29, 0.717) is 17.6 Å². The molecule has 1 spiro atoms. The molecule has 0 aliphatic carbocycles. The third-order valence-electron chi connectivity index (χ3n) is 9.69. The van der Waals surface area contributed by atoms with Gasteiger partial charge in [-0.3, -0.25) is 14.4 Å². The van der Waals surface area contributed by atoms with Crippen LogP contribution in [0, 0.1) is 17.8 Å². The zero-order valence-corrected chi connectivity index (χ0v) is 25.1. The molecule has 3 aliphatic rings. The lowest BCUT2D eigenvalue weighted by molar-refractivity contribution is -0.153. The second-order valence-corrected chi connectivity index (χ2v) is 12.1. The SMILES string of the molecule is C=CCN(Cn1nnc2ccccc21)C(=O)C1N(CCO)C(=O)[C@@H]2[C@@H](C(=O)N(CC=C)c3ccccc3)[C@]3(C)OC12CC3C. The van der Waals surface area contributed by atoms with Crippen LogP contribution in [-0.4, -0.2) is 91.1 Å². The molecule has 3 amide bonds. The topological polar surface area (TPSA) is 121 Å². The van der Waals surface area contributed by atoms with Gasteiger partial charge in [0.25, 0.3) is 0 Å². The van der Waals surface area contributed by atoms with Crippen LogP contribution in [0.15, 0.2) is 79.9 Å². The molecular weight excluding hydrogens is 560 g/mol. The molecule has 3 unspecified atom stereocenters. The fourth-order valence-corrected chi connectivity index (χ4v) is 7.70. The highest BCUT2D eigenvalue weighted by Gasteiger charge is 2.80. The summed E-state index contributed by atoms with van der Waals surface area (Å²) in [5.41, 5.74) is -0.0985. The number of para-hydroxylation sites is 2. The Hall–Kier alpha value is -4.35. The smallest absolute Gasteiger partial charge is 0.250 e. The Morgan fingerprint density at radius 3 is 2.50 bits per heavy atom. The summed E-state index contributed by atoms with van der Waals surface area (Å²) in [6.45, 7) is 11.7. The van der Waals surface area contributed by atoms with Gasteiger partial charge in [-0.05, 0) is 43.5 Å². The molecule has 6 rings (SSSR count). The van der Waals surface area contributed by atoms with Crippen molar-refractivity contribution >= 4 is 34.4 Å². The molecule has 11 heteroatoms. The first kappa shape index (κ1) is 29.7. The molecule has 44 heavy (non-hydrogen) atoms. The van der Waals surface area contributed by atoms with E-state index >= 15 is 0 Å². The van der Waals surface area contributed by atoms with E-state index in [0.717, 1.165) is 5.52 Å². The van der Waals surface area contributed by atoms with E-state index in [9.17, 15) is 19.5 Å². The molecule has 230 valence electrons. The average Bonchev–Trinajstić information content (AvgIpc) is 3.69. The van der Waals surface area contributed by atoms with Gasteiger partial charge >= 0.3 is 0 Å². The molecular formula is C33H38N6O5. The molecule has 4 heterocycles. The van der Waals surface area contributed by atoms with Crippen LogP contribution in [0.2, 0.25) is 0 Å². The van der Waals surface area contributed by atoms with Crippen LogP contribution in [0.25, 0.3) is 11.0 Å². The summed E-state index contributed by atoms with van der Waals surface area (Å²) in [6, 6.07) is 15.7. The number of carbonyl (C=O) groups is 3. The van der Waals surface area contributed by atoms with Gasteiger partial charge in [-0.25, -0.2) is 4.68 Å². The van der Waals surface area contributed by atoms with Gasteiger partial charge < -0.3 is 24.5 Å². The second kappa shape index (κ2) is 11.3. The number of anilines is 1. The van der Waals surface area contributed by atoms with Gasteiger partial charge in [0.1, 0.15) is 23.8 Å². The second-order valence-electron chi connectivity index (χ2n) is 12.1. The summed E-state index contributed by atoms with van der Waals surface area (Å²) in [7, 11) is 0. The van der Waals surface area contributed by atoms with E-state index in [2.05, 4.69) is 23.5 Å². The number of hydrogen-bond donors (Lipinski definition) is 1. The van der Waals surface area contributed by atoms with Crippen LogP contribution < -0.4 is 4.90 Å². The fraction of sp³-hybridized carbons (Fsp3) is 0.424. The molecule has 0 saturated carbocycles. The molecule has 2 aromatic carbocycles. The number of aromatic nitrogens is 3. The van der Waals surface area contributed by atoms with Gasteiger partial charge in [0.15, 0.2) is 0 Å². The molecule has 3 fully saturated rings. The zero-order chi connectivity index (χ0) is 31.2. The molecule has 0 radical (unpaired) electrons. The molecule has 2 bridgehead atoms. The first-order chi connectivity index (χ1) is 21.2. The zero-order valence-electron chi connectivity index (χ0n) is 25.1. The number of likely N-dealkylation sites (tertiary alicyclic amines) is 1. The van der Waals surface area contributed by atoms with Crippen molar-refractivity contribution in [1.29, 1.82) is 0 Å². The predicted molar refractivity (Wildman–Crippen MR) is 164 cm³/mol. The van der Waals surface area contributed by atoms with Crippen LogP contribution in [-0.2, 0) is 25.8 Å². The van der Waals surface area contributed by atoms with Gasteiger partial charge in [0.05, 0.1) is 29.6 Å². The van der Waals surface area contributed by atoms with Crippen molar-refractivity contribution in [2.45, 2.75) is 44.2 Å². The quantitative estimate of drug-likeness (QED) is 0.337.